The first-order chi connectivity index (χ1) is 6.85. The number of nitrogens with zero attached hydrogens (tertiary/aromatic N) is 1. The maximum Gasteiger partial charge on any atom is 0.142 e. The highest BCUT2D eigenvalue weighted by molar-refractivity contribution is 5.61. The van der Waals surface area contributed by atoms with E-state index in [-0.39, 0.29) is 6.61 Å². The first kappa shape index (κ1) is 9.34. The molecular formula is C11H15NO2. The largest absolute Gasteiger partial charge is 0.490 e. The zero-order valence-electron chi connectivity index (χ0n) is 8.36. The molecule has 3 nitrogen and oxygen atoms in total. The van der Waals surface area contributed by atoms with Crippen LogP contribution >= 0.6 is 0 Å². The van der Waals surface area contributed by atoms with Gasteiger partial charge in [-0.2, -0.15) is 0 Å². The van der Waals surface area contributed by atoms with Crippen molar-refractivity contribution in [2.75, 3.05) is 24.6 Å². The molecule has 1 aliphatic heterocycles. The molecule has 0 fully saturated rings. The maximum absolute atomic E-state index is 9.04. The lowest BCUT2D eigenvalue weighted by molar-refractivity contribution is 0.280. The van der Waals surface area contributed by atoms with E-state index in [9.17, 15) is 0 Å². The van der Waals surface area contributed by atoms with Crippen molar-refractivity contribution in [1.82, 2.24) is 0 Å². The lowest BCUT2D eigenvalue weighted by Crippen LogP contribution is -2.32. The molecule has 0 atom stereocenters. The van der Waals surface area contributed by atoms with Gasteiger partial charge < -0.3 is 14.7 Å². The number of anilines is 1. The Hall–Kier alpha value is -1.22. The Morgan fingerprint density at radius 3 is 3.07 bits per heavy atom. The minimum Gasteiger partial charge on any atom is -0.490 e. The van der Waals surface area contributed by atoms with Crippen LogP contribution in [0.2, 0.25) is 0 Å². The number of benzene rings is 1. The minimum absolute atomic E-state index is 0.0881. The number of hydrogen-bond acceptors (Lipinski definition) is 3. The van der Waals surface area contributed by atoms with Gasteiger partial charge in [-0.05, 0) is 24.6 Å². The molecule has 0 radical (unpaired) electrons. The molecule has 0 saturated heterocycles. The van der Waals surface area contributed by atoms with Gasteiger partial charge >= 0.3 is 0 Å². The van der Waals surface area contributed by atoms with Gasteiger partial charge in [-0.25, -0.2) is 0 Å². The summed E-state index contributed by atoms with van der Waals surface area (Å²) >= 11 is 0. The molecule has 0 spiro atoms. The van der Waals surface area contributed by atoms with Crippen molar-refractivity contribution in [2.45, 2.75) is 13.5 Å². The number of rotatable bonds is 2. The molecule has 0 bridgehead atoms. The summed E-state index contributed by atoms with van der Waals surface area (Å²) in [5.74, 6) is 0.926. The molecule has 3 heteroatoms. The van der Waals surface area contributed by atoms with Crippen molar-refractivity contribution in [1.29, 1.82) is 0 Å². The zero-order valence-corrected chi connectivity index (χ0v) is 8.36. The summed E-state index contributed by atoms with van der Waals surface area (Å²) in [5.41, 5.74) is 2.04. The van der Waals surface area contributed by atoms with Crippen LogP contribution in [0, 0.1) is 0 Å². The van der Waals surface area contributed by atoms with Crippen molar-refractivity contribution >= 4 is 5.69 Å². The van der Waals surface area contributed by atoms with E-state index >= 15 is 0 Å². The Morgan fingerprint density at radius 2 is 2.36 bits per heavy atom. The highest BCUT2D eigenvalue weighted by atomic mass is 16.5. The summed E-state index contributed by atoms with van der Waals surface area (Å²) in [5, 5.41) is 9.04. The third-order valence-corrected chi connectivity index (χ3v) is 2.55. The smallest absolute Gasteiger partial charge is 0.142 e. The number of likely N-dealkylation sites (N-methyl/N-ethyl adjacent to an activating group) is 1. The lowest BCUT2D eigenvalue weighted by atomic mass is 10.1. The van der Waals surface area contributed by atoms with Gasteiger partial charge in [-0.1, -0.05) is 6.07 Å². The Bertz CT molecular complexity index is 325. The van der Waals surface area contributed by atoms with Gasteiger partial charge in [0, 0.05) is 6.54 Å². The fraction of sp³-hybridized carbons (Fsp3) is 0.455. The highest BCUT2D eigenvalue weighted by Crippen LogP contribution is 2.32. The quantitative estimate of drug-likeness (QED) is 0.770. The van der Waals surface area contributed by atoms with Crippen molar-refractivity contribution in [3.8, 4) is 5.75 Å². The Morgan fingerprint density at radius 1 is 1.50 bits per heavy atom. The normalized spacial score (nSPS) is 14.9. The first-order valence-corrected chi connectivity index (χ1v) is 4.96. The van der Waals surface area contributed by atoms with Crippen LogP contribution in [-0.2, 0) is 6.61 Å². The predicted molar refractivity (Wildman–Crippen MR) is 55.7 cm³/mol. The van der Waals surface area contributed by atoms with Crippen molar-refractivity contribution < 1.29 is 9.84 Å². The summed E-state index contributed by atoms with van der Waals surface area (Å²) in [6.45, 7) is 4.87. The average Bonchev–Trinajstić information content (AvgIpc) is 2.27. The first-order valence-electron chi connectivity index (χ1n) is 4.96. The standard InChI is InChI=1S/C11H15NO2/c1-2-12-5-6-14-11-4-3-9(8-13)7-10(11)12/h3-4,7,13H,2,5-6,8H2,1H3. The molecule has 0 aliphatic carbocycles. The van der Waals surface area contributed by atoms with Crippen LogP contribution in [0.15, 0.2) is 18.2 Å². The molecule has 1 aliphatic rings. The summed E-state index contributed by atoms with van der Waals surface area (Å²) in [4.78, 5) is 2.26. The van der Waals surface area contributed by atoms with Crippen LogP contribution in [0.25, 0.3) is 0 Å². The van der Waals surface area contributed by atoms with E-state index in [2.05, 4.69) is 11.8 Å². The molecule has 1 N–H and O–H groups in total. The van der Waals surface area contributed by atoms with E-state index in [1.165, 1.54) is 0 Å². The molecule has 2 rings (SSSR count). The Labute approximate surface area is 83.9 Å². The fourth-order valence-corrected chi connectivity index (χ4v) is 1.75. The zero-order chi connectivity index (χ0) is 9.97. The number of ether oxygens (including phenoxy) is 1. The van der Waals surface area contributed by atoms with Gasteiger partial charge in [-0.15, -0.1) is 0 Å². The van der Waals surface area contributed by atoms with Crippen LogP contribution in [0.4, 0.5) is 5.69 Å². The number of aliphatic hydroxyl groups excluding tert-OH is 1. The van der Waals surface area contributed by atoms with Crippen molar-refractivity contribution in [3.63, 3.8) is 0 Å². The van der Waals surface area contributed by atoms with Crippen molar-refractivity contribution in [2.24, 2.45) is 0 Å². The van der Waals surface area contributed by atoms with Crippen LogP contribution in [0.3, 0.4) is 0 Å². The molecule has 1 aromatic rings. The number of fused-ring (bicyclic) bond motifs is 1. The molecule has 76 valence electrons. The number of hydrogen-bond donors (Lipinski definition) is 1. The second kappa shape index (κ2) is 3.88. The van der Waals surface area contributed by atoms with Gasteiger partial charge in [-0.3, -0.25) is 0 Å². The Kier molecular flexibility index (Phi) is 2.59. The highest BCUT2D eigenvalue weighted by Gasteiger charge is 2.16. The van der Waals surface area contributed by atoms with Gasteiger partial charge in [0.2, 0.25) is 0 Å². The van der Waals surface area contributed by atoms with E-state index in [4.69, 9.17) is 9.84 Å². The topological polar surface area (TPSA) is 32.7 Å². The van der Waals surface area contributed by atoms with Gasteiger partial charge in [0.1, 0.15) is 12.4 Å². The number of aliphatic hydroxyl groups is 1. The third-order valence-electron chi connectivity index (χ3n) is 2.55. The van der Waals surface area contributed by atoms with E-state index in [1.54, 1.807) is 0 Å². The Balaban J connectivity index is 2.38. The van der Waals surface area contributed by atoms with Gasteiger partial charge in [0.05, 0.1) is 18.8 Å². The predicted octanol–water partition coefficient (Wildman–Crippen LogP) is 1.40. The minimum atomic E-state index is 0.0881. The third kappa shape index (κ3) is 1.55. The van der Waals surface area contributed by atoms with Crippen LogP contribution in [0.5, 0.6) is 5.75 Å². The van der Waals surface area contributed by atoms with Crippen LogP contribution in [0.1, 0.15) is 12.5 Å². The second-order valence-corrected chi connectivity index (χ2v) is 3.39. The summed E-state index contributed by atoms with van der Waals surface area (Å²) in [6, 6.07) is 5.83. The molecule has 0 unspecified atom stereocenters. The van der Waals surface area contributed by atoms with Gasteiger partial charge in [0.15, 0.2) is 0 Å². The van der Waals surface area contributed by atoms with E-state index in [0.717, 1.165) is 36.7 Å². The second-order valence-electron chi connectivity index (χ2n) is 3.39. The van der Waals surface area contributed by atoms with Crippen molar-refractivity contribution in [3.05, 3.63) is 23.8 Å². The molecule has 0 saturated carbocycles. The maximum atomic E-state index is 9.04. The van der Waals surface area contributed by atoms with Gasteiger partial charge in [0.25, 0.3) is 0 Å². The molecular weight excluding hydrogens is 178 g/mol. The van der Waals surface area contributed by atoms with Crippen LogP contribution < -0.4 is 9.64 Å². The SMILES string of the molecule is CCN1CCOc2ccc(CO)cc21. The fourth-order valence-electron chi connectivity index (χ4n) is 1.75. The summed E-state index contributed by atoms with van der Waals surface area (Å²) in [6.07, 6.45) is 0. The van der Waals surface area contributed by atoms with Crippen LogP contribution in [-0.4, -0.2) is 24.8 Å². The monoisotopic (exact) mass is 193 g/mol. The van der Waals surface area contributed by atoms with E-state index < -0.39 is 0 Å². The molecule has 0 aromatic heterocycles. The average molecular weight is 193 g/mol. The summed E-state index contributed by atoms with van der Waals surface area (Å²) < 4.78 is 5.53. The molecule has 1 aromatic carbocycles. The van der Waals surface area contributed by atoms with E-state index in [1.807, 2.05) is 18.2 Å². The lowest BCUT2D eigenvalue weighted by Gasteiger charge is -2.30. The molecule has 1 heterocycles. The molecule has 14 heavy (non-hydrogen) atoms. The molecule has 0 amide bonds. The summed E-state index contributed by atoms with van der Waals surface area (Å²) in [7, 11) is 0. The van der Waals surface area contributed by atoms with E-state index in [0.29, 0.717) is 0 Å².